The van der Waals surface area contributed by atoms with Crippen molar-refractivity contribution in [3.63, 3.8) is 0 Å². The SMILES string of the molecule is CCOc1ccc(C(c2c(NC(C)=O)sc3c2CCCC3)N2CCOCC2)cc1. The summed E-state index contributed by atoms with van der Waals surface area (Å²) in [4.78, 5) is 15.9. The number of morpholine rings is 1. The van der Waals surface area contributed by atoms with Gasteiger partial charge in [0.1, 0.15) is 10.8 Å². The second-order valence-electron chi connectivity index (χ2n) is 7.69. The maximum atomic E-state index is 12.0. The van der Waals surface area contributed by atoms with Crippen molar-refractivity contribution in [1.82, 2.24) is 4.90 Å². The first-order valence-electron chi connectivity index (χ1n) is 10.6. The Morgan fingerprint density at radius 3 is 2.62 bits per heavy atom. The van der Waals surface area contributed by atoms with Crippen molar-refractivity contribution >= 4 is 22.2 Å². The molecular formula is C23H30N2O3S. The molecule has 1 saturated heterocycles. The van der Waals surface area contributed by atoms with E-state index in [2.05, 4.69) is 34.5 Å². The molecule has 2 heterocycles. The lowest BCUT2D eigenvalue weighted by Crippen LogP contribution is -2.40. The standard InChI is InChI=1S/C23H30N2O3S/c1-3-28-18-10-8-17(9-11-18)22(25-12-14-27-15-13-25)21-19-6-4-5-7-20(19)29-23(21)24-16(2)26/h8-11,22H,3-7,12-15H2,1-2H3,(H,24,26). The van der Waals surface area contributed by atoms with Gasteiger partial charge >= 0.3 is 0 Å². The van der Waals surface area contributed by atoms with Crippen molar-refractivity contribution in [2.24, 2.45) is 0 Å². The Balaban J connectivity index is 1.80. The number of nitrogens with one attached hydrogen (secondary N) is 1. The highest BCUT2D eigenvalue weighted by atomic mass is 32.1. The average Bonchev–Trinajstić information content (AvgIpc) is 3.08. The Bertz CT molecular complexity index is 841. The van der Waals surface area contributed by atoms with Gasteiger partial charge in [0.25, 0.3) is 0 Å². The average molecular weight is 415 g/mol. The second-order valence-corrected chi connectivity index (χ2v) is 8.79. The summed E-state index contributed by atoms with van der Waals surface area (Å²) in [5.74, 6) is 0.892. The molecular weight excluding hydrogens is 384 g/mol. The number of carbonyl (C=O) groups excluding carboxylic acids is 1. The number of benzene rings is 1. The Labute approximate surface area is 177 Å². The van der Waals surface area contributed by atoms with Crippen LogP contribution >= 0.6 is 11.3 Å². The second kappa shape index (κ2) is 9.28. The summed E-state index contributed by atoms with van der Waals surface area (Å²) in [6.07, 6.45) is 4.66. The molecule has 1 atom stereocenters. The molecule has 156 valence electrons. The molecule has 4 rings (SSSR count). The number of anilines is 1. The van der Waals surface area contributed by atoms with E-state index in [9.17, 15) is 4.79 Å². The Hall–Kier alpha value is -1.89. The Morgan fingerprint density at radius 1 is 1.21 bits per heavy atom. The first-order valence-corrected chi connectivity index (χ1v) is 11.5. The third kappa shape index (κ3) is 4.49. The molecule has 1 fully saturated rings. The van der Waals surface area contributed by atoms with E-state index in [0.29, 0.717) is 6.61 Å². The highest BCUT2D eigenvalue weighted by molar-refractivity contribution is 7.16. The lowest BCUT2D eigenvalue weighted by molar-refractivity contribution is -0.114. The maximum absolute atomic E-state index is 12.0. The highest BCUT2D eigenvalue weighted by Crippen LogP contribution is 2.45. The number of hydrogen-bond acceptors (Lipinski definition) is 5. The van der Waals surface area contributed by atoms with Gasteiger partial charge in [-0.2, -0.15) is 0 Å². The largest absolute Gasteiger partial charge is 0.494 e. The third-order valence-corrected chi connectivity index (χ3v) is 6.92. The van der Waals surface area contributed by atoms with Crippen LogP contribution in [-0.4, -0.2) is 43.7 Å². The van der Waals surface area contributed by atoms with E-state index >= 15 is 0 Å². The van der Waals surface area contributed by atoms with Crippen LogP contribution in [0.4, 0.5) is 5.00 Å². The van der Waals surface area contributed by atoms with Gasteiger partial charge in [0.2, 0.25) is 5.91 Å². The van der Waals surface area contributed by atoms with Crippen LogP contribution in [0.1, 0.15) is 54.3 Å². The van der Waals surface area contributed by atoms with Crippen molar-refractivity contribution in [3.8, 4) is 5.75 Å². The predicted molar refractivity (Wildman–Crippen MR) is 117 cm³/mol. The number of ether oxygens (including phenoxy) is 2. The number of thiophene rings is 1. The molecule has 0 saturated carbocycles. The summed E-state index contributed by atoms with van der Waals surface area (Å²) in [7, 11) is 0. The van der Waals surface area contributed by atoms with Gasteiger partial charge in [-0.05, 0) is 55.9 Å². The summed E-state index contributed by atoms with van der Waals surface area (Å²) >= 11 is 1.77. The Kier molecular flexibility index (Phi) is 6.53. The molecule has 1 aromatic heterocycles. The van der Waals surface area contributed by atoms with Crippen LogP contribution in [-0.2, 0) is 22.4 Å². The molecule has 0 radical (unpaired) electrons. The lowest BCUT2D eigenvalue weighted by Gasteiger charge is -2.36. The van der Waals surface area contributed by atoms with Gasteiger partial charge in [0.05, 0.1) is 25.9 Å². The van der Waals surface area contributed by atoms with Crippen LogP contribution in [0, 0.1) is 0 Å². The number of rotatable bonds is 6. The Morgan fingerprint density at radius 2 is 1.93 bits per heavy atom. The van der Waals surface area contributed by atoms with Gasteiger partial charge in [-0.25, -0.2) is 0 Å². The van der Waals surface area contributed by atoms with Gasteiger partial charge in [0.15, 0.2) is 0 Å². The van der Waals surface area contributed by atoms with Crippen molar-refractivity contribution in [2.45, 2.75) is 45.6 Å². The summed E-state index contributed by atoms with van der Waals surface area (Å²) in [6.45, 7) is 7.54. The smallest absolute Gasteiger partial charge is 0.221 e. The molecule has 5 nitrogen and oxygen atoms in total. The first-order chi connectivity index (χ1) is 14.2. The zero-order valence-electron chi connectivity index (χ0n) is 17.3. The van der Waals surface area contributed by atoms with Crippen LogP contribution in [0.15, 0.2) is 24.3 Å². The zero-order chi connectivity index (χ0) is 20.2. The van der Waals surface area contributed by atoms with Crippen molar-refractivity contribution in [3.05, 3.63) is 45.8 Å². The topological polar surface area (TPSA) is 50.8 Å². The summed E-state index contributed by atoms with van der Waals surface area (Å²) < 4.78 is 11.3. The normalized spacial score (nSPS) is 18.1. The summed E-state index contributed by atoms with van der Waals surface area (Å²) in [6, 6.07) is 8.59. The predicted octanol–water partition coefficient (Wildman–Crippen LogP) is 4.41. The van der Waals surface area contributed by atoms with Crippen molar-refractivity contribution < 1.29 is 14.3 Å². The molecule has 29 heavy (non-hydrogen) atoms. The van der Waals surface area contributed by atoms with E-state index < -0.39 is 0 Å². The van der Waals surface area contributed by atoms with Crippen LogP contribution in [0.2, 0.25) is 0 Å². The first kappa shape index (κ1) is 20.4. The quantitative estimate of drug-likeness (QED) is 0.761. The molecule has 2 aromatic rings. The van der Waals surface area contributed by atoms with Gasteiger partial charge in [-0.15, -0.1) is 11.3 Å². The molecule has 0 bridgehead atoms. The molecule has 1 unspecified atom stereocenters. The minimum atomic E-state index is -0.00253. The minimum absolute atomic E-state index is 0.00253. The van der Waals surface area contributed by atoms with E-state index in [0.717, 1.165) is 49.9 Å². The number of aryl methyl sites for hydroxylation is 1. The van der Waals surface area contributed by atoms with E-state index in [-0.39, 0.29) is 11.9 Å². The molecule has 0 spiro atoms. The van der Waals surface area contributed by atoms with Crippen molar-refractivity contribution in [2.75, 3.05) is 38.2 Å². The maximum Gasteiger partial charge on any atom is 0.221 e. The molecule has 1 N–H and O–H groups in total. The number of hydrogen-bond donors (Lipinski definition) is 1. The van der Waals surface area contributed by atoms with E-state index in [1.165, 1.54) is 34.4 Å². The van der Waals surface area contributed by atoms with E-state index in [1.807, 2.05) is 6.92 Å². The number of carbonyl (C=O) groups is 1. The number of amides is 1. The number of nitrogens with zero attached hydrogens (tertiary/aromatic N) is 1. The van der Waals surface area contributed by atoms with Crippen LogP contribution in [0.3, 0.4) is 0 Å². The molecule has 1 aliphatic carbocycles. The van der Waals surface area contributed by atoms with Crippen LogP contribution < -0.4 is 10.1 Å². The lowest BCUT2D eigenvalue weighted by atomic mass is 9.88. The van der Waals surface area contributed by atoms with Gasteiger partial charge in [-0.1, -0.05) is 12.1 Å². The monoisotopic (exact) mass is 414 g/mol. The van der Waals surface area contributed by atoms with Gasteiger partial charge in [0, 0.05) is 30.5 Å². The fraction of sp³-hybridized carbons (Fsp3) is 0.522. The highest BCUT2D eigenvalue weighted by Gasteiger charge is 2.32. The minimum Gasteiger partial charge on any atom is -0.494 e. The molecule has 6 heteroatoms. The molecule has 1 aromatic carbocycles. The van der Waals surface area contributed by atoms with Gasteiger partial charge in [-0.3, -0.25) is 9.69 Å². The van der Waals surface area contributed by atoms with E-state index in [1.54, 1.807) is 18.3 Å². The molecule has 1 amide bonds. The summed E-state index contributed by atoms with van der Waals surface area (Å²) in [5, 5.41) is 4.17. The molecule has 2 aliphatic rings. The fourth-order valence-electron chi connectivity index (χ4n) is 4.44. The van der Waals surface area contributed by atoms with E-state index in [4.69, 9.17) is 9.47 Å². The number of fused-ring (bicyclic) bond motifs is 1. The van der Waals surface area contributed by atoms with Crippen LogP contribution in [0.25, 0.3) is 0 Å². The zero-order valence-corrected chi connectivity index (χ0v) is 18.1. The molecule has 1 aliphatic heterocycles. The fourth-order valence-corrected chi connectivity index (χ4v) is 5.81. The van der Waals surface area contributed by atoms with Gasteiger partial charge < -0.3 is 14.8 Å². The summed E-state index contributed by atoms with van der Waals surface area (Å²) in [5.41, 5.74) is 3.99. The van der Waals surface area contributed by atoms with Crippen molar-refractivity contribution in [1.29, 1.82) is 0 Å². The third-order valence-electron chi connectivity index (χ3n) is 5.69. The van der Waals surface area contributed by atoms with Crippen LogP contribution in [0.5, 0.6) is 5.75 Å².